The van der Waals surface area contributed by atoms with E-state index in [2.05, 4.69) is 54.3 Å². The van der Waals surface area contributed by atoms with Gasteiger partial charge in [0.1, 0.15) is 5.82 Å². The topological polar surface area (TPSA) is 98.8 Å². The van der Waals surface area contributed by atoms with Crippen molar-refractivity contribution in [2.45, 2.75) is 12.5 Å². The Kier molecular flexibility index (Phi) is 8.21. The van der Waals surface area contributed by atoms with Crippen LogP contribution in [0.3, 0.4) is 0 Å². The van der Waals surface area contributed by atoms with E-state index in [4.69, 9.17) is 4.84 Å². The average Bonchev–Trinajstić information content (AvgIpc) is 3.53. The molecule has 2 aliphatic rings. The van der Waals surface area contributed by atoms with Crippen molar-refractivity contribution in [2.24, 2.45) is 0 Å². The summed E-state index contributed by atoms with van der Waals surface area (Å²) in [7, 11) is 2.14. The summed E-state index contributed by atoms with van der Waals surface area (Å²) in [5, 5.41) is 7.53. The quantitative estimate of drug-likeness (QED) is 0.340. The van der Waals surface area contributed by atoms with Crippen LogP contribution in [0.15, 0.2) is 85.3 Å². The second-order valence-corrected chi connectivity index (χ2v) is 10.3. The molecule has 0 radical (unpaired) electrons. The molecular weight excluding hydrogens is 528 g/mol. The van der Waals surface area contributed by atoms with E-state index in [1.165, 1.54) is 5.06 Å². The molecule has 10 nitrogen and oxygen atoms in total. The summed E-state index contributed by atoms with van der Waals surface area (Å²) in [6.45, 7) is 4.52. The number of carbonyl (C=O) groups excluding carboxylic acids is 1. The Morgan fingerprint density at radius 1 is 0.857 bits per heavy atom. The van der Waals surface area contributed by atoms with E-state index in [9.17, 15) is 4.79 Å². The molecule has 0 unspecified atom stereocenters. The van der Waals surface area contributed by atoms with E-state index >= 15 is 0 Å². The number of amides is 2. The second-order valence-electron chi connectivity index (χ2n) is 10.3. The smallest absolute Gasteiger partial charge is 0.346 e. The fourth-order valence-corrected chi connectivity index (χ4v) is 4.91. The molecule has 2 saturated heterocycles. The third kappa shape index (κ3) is 6.66. The molecule has 2 aromatic carbocycles. The number of hydroxylamine groups is 2. The molecule has 0 spiro atoms. The number of nitrogens with zero attached hydrogens (tertiary/aromatic N) is 6. The van der Waals surface area contributed by atoms with Gasteiger partial charge < -0.3 is 20.4 Å². The van der Waals surface area contributed by atoms with Crippen molar-refractivity contribution in [1.82, 2.24) is 24.9 Å². The summed E-state index contributed by atoms with van der Waals surface area (Å²) in [6.07, 6.45) is 5.90. The number of carbonyl (C=O) groups is 1. The first-order chi connectivity index (χ1) is 20.6. The van der Waals surface area contributed by atoms with Gasteiger partial charge in [0.15, 0.2) is 0 Å². The van der Waals surface area contributed by atoms with Crippen molar-refractivity contribution >= 4 is 29.2 Å². The molecule has 2 fully saturated rings. The van der Waals surface area contributed by atoms with E-state index in [1.54, 1.807) is 18.6 Å². The molecule has 2 aromatic heterocycles. The van der Waals surface area contributed by atoms with Crippen LogP contribution < -0.4 is 15.5 Å². The number of benzene rings is 2. The van der Waals surface area contributed by atoms with Crippen LogP contribution >= 0.6 is 0 Å². The highest BCUT2D eigenvalue weighted by Gasteiger charge is 2.31. The molecule has 2 N–H and O–H groups in total. The van der Waals surface area contributed by atoms with Crippen molar-refractivity contribution < 1.29 is 9.63 Å². The standard InChI is InChI=1S/C32H32N8O2/c1-38-15-17-39(18-16-38)30-13-12-28(23-33-30)36-31-34-21-25(22-35-31)11-10-24-6-5-9-27(20-24)37-32(41)40-29(14-19-42-40)26-7-3-2-4-8-26/h2-9,12-13,20-23,29H,14-19H2,1H3,(H,37,41)(H,34,35,36)/t29-/m0/s1. The number of pyridine rings is 1. The number of aromatic nitrogens is 3. The Morgan fingerprint density at radius 2 is 1.64 bits per heavy atom. The normalized spacial score (nSPS) is 16.9. The first kappa shape index (κ1) is 27.2. The number of anilines is 4. The summed E-state index contributed by atoms with van der Waals surface area (Å²) >= 11 is 0. The first-order valence-corrected chi connectivity index (χ1v) is 14.0. The Bertz CT molecular complexity index is 1560. The molecular formula is C32H32N8O2. The lowest BCUT2D eigenvalue weighted by atomic mass is 10.1. The molecule has 42 heavy (non-hydrogen) atoms. The van der Waals surface area contributed by atoms with Crippen molar-refractivity contribution in [3.63, 3.8) is 0 Å². The molecule has 4 aromatic rings. The van der Waals surface area contributed by atoms with E-state index in [0.29, 0.717) is 23.8 Å². The lowest BCUT2D eigenvalue weighted by Crippen LogP contribution is -2.44. The molecule has 6 rings (SSSR count). The summed E-state index contributed by atoms with van der Waals surface area (Å²) in [4.78, 5) is 36.6. The molecule has 1 atom stereocenters. The summed E-state index contributed by atoms with van der Waals surface area (Å²) in [5.41, 5.74) is 3.93. The van der Waals surface area contributed by atoms with Crippen LogP contribution in [0.25, 0.3) is 0 Å². The minimum absolute atomic E-state index is 0.121. The highest BCUT2D eigenvalue weighted by molar-refractivity contribution is 5.89. The monoisotopic (exact) mass is 560 g/mol. The Labute approximate surface area is 245 Å². The summed E-state index contributed by atoms with van der Waals surface area (Å²) in [5.74, 6) is 7.66. The number of hydrogen-bond acceptors (Lipinski definition) is 8. The predicted molar refractivity (Wildman–Crippen MR) is 162 cm³/mol. The van der Waals surface area contributed by atoms with Crippen LogP contribution in [-0.2, 0) is 4.84 Å². The van der Waals surface area contributed by atoms with Crippen molar-refractivity contribution in [1.29, 1.82) is 0 Å². The first-order valence-electron chi connectivity index (χ1n) is 14.0. The number of nitrogens with one attached hydrogen (secondary N) is 2. The summed E-state index contributed by atoms with van der Waals surface area (Å²) in [6, 6.07) is 20.9. The molecule has 0 saturated carbocycles. The van der Waals surface area contributed by atoms with E-state index < -0.39 is 0 Å². The van der Waals surface area contributed by atoms with Gasteiger partial charge in [0.2, 0.25) is 5.95 Å². The Morgan fingerprint density at radius 3 is 2.40 bits per heavy atom. The average molecular weight is 561 g/mol. The van der Waals surface area contributed by atoms with Crippen LogP contribution in [0.1, 0.15) is 29.2 Å². The highest BCUT2D eigenvalue weighted by atomic mass is 16.7. The van der Waals surface area contributed by atoms with E-state index in [0.717, 1.165) is 55.2 Å². The number of urea groups is 1. The number of likely N-dealkylation sites (N-methyl/N-ethyl adjacent to an activating group) is 1. The molecule has 2 aliphatic heterocycles. The molecule has 10 heteroatoms. The van der Waals surface area contributed by atoms with Gasteiger partial charge in [0, 0.05) is 56.2 Å². The molecule has 4 heterocycles. The van der Waals surface area contributed by atoms with Crippen molar-refractivity contribution in [3.05, 3.63) is 102 Å². The molecule has 0 aliphatic carbocycles. The summed E-state index contributed by atoms with van der Waals surface area (Å²) < 4.78 is 0. The van der Waals surface area contributed by atoms with Gasteiger partial charge in [-0.15, -0.1) is 0 Å². The zero-order chi connectivity index (χ0) is 28.7. The van der Waals surface area contributed by atoms with Gasteiger partial charge >= 0.3 is 6.03 Å². The van der Waals surface area contributed by atoms with E-state index in [-0.39, 0.29) is 12.1 Å². The van der Waals surface area contributed by atoms with Crippen LogP contribution in [0, 0.1) is 11.8 Å². The van der Waals surface area contributed by atoms with Crippen LogP contribution in [-0.4, -0.2) is 70.8 Å². The third-order valence-electron chi connectivity index (χ3n) is 7.24. The fraction of sp³-hybridized carbons (Fsp3) is 0.250. The van der Waals surface area contributed by atoms with Gasteiger partial charge in [-0.25, -0.2) is 19.7 Å². The van der Waals surface area contributed by atoms with Crippen molar-refractivity contribution in [2.75, 3.05) is 55.4 Å². The van der Waals surface area contributed by atoms with Gasteiger partial charge in [-0.2, -0.15) is 5.06 Å². The molecule has 0 bridgehead atoms. The number of piperazine rings is 1. The van der Waals surface area contributed by atoms with Gasteiger partial charge in [0.05, 0.1) is 30.1 Å². The third-order valence-corrected chi connectivity index (χ3v) is 7.24. The Hall–Kier alpha value is -4.98. The molecule has 212 valence electrons. The zero-order valence-corrected chi connectivity index (χ0v) is 23.4. The van der Waals surface area contributed by atoms with Gasteiger partial charge in [-0.3, -0.25) is 4.84 Å². The van der Waals surface area contributed by atoms with Gasteiger partial charge in [-0.1, -0.05) is 48.2 Å². The minimum Gasteiger partial charge on any atom is -0.354 e. The molecule has 2 amide bonds. The van der Waals surface area contributed by atoms with Crippen LogP contribution in [0.2, 0.25) is 0 Å². The number of rotatable bonds is 5. The van der Waals surface area contributed by atoms with Crippen molar-refractivity contribution in [3.8, 4) is 11.8 Å². The maximum absolute atomic E-state index is 13.0. The second kappa shape index (κ2) is 12.7. The maximum atomic E-state index is 13.0. The lowest BCUT2D eigenvalue weighted by molar-refractivity contribution is -0.0829. The predicted octanol–water partition coefficient (Wildman–Crippen LogP) is 4.68. The fourth-order valence-electron chi connectivity index (χ4n) is 4.91. The van der Waals surface area contributed by atoms with Crippen LogP contribution in [0.4, 0.5) is 27.9 Å². The Balaban J connectivity index is 1.05. The van der Waals surface area contributed by atoms with Crippen LogP contribution in [0.5, 0.6) is 0 Å². The highest BCUT2D eigenvalue weighted by Crippen LogP contribution is 2.30. The minimum atomic E-state index is -0.313. The zero-order valence-electron chi connectivity index (χ0n) is 23.4. The lowest BCUT2D eigenvalue weighted by Gasteiger charge is -2.33. The SMILES string of the molecule is CN1CCN(c2ccc(Nc3ncc(C#Cc4cccc(NC(=O)N5OCC[C@H]5c5ccccc5)c4)cn3)cn2)CC1. The van der Waals surface area contributed by atoms with Gasteiger partial charge in [-0.05, 0) is 42.9 Å². The largest absolute Gasteiger partial charge is 0.354 e. The maximum Gasteiger partial charge on any atom is 0.346 e. The van der Waals surface area contributed by atoms with E-state index in [1.807, 2.05) is 66.7 Å². The van der Waals surface area contributed by atoms with Gasteiger partial charge in [0.25, 0.3) is 0 Å². The number of hydrogen-bond donors (Lipinski definition) is 2.